The number of nitro groups is 1. The molecule has 0 fully saturated rings. The van der Waals surface area contributed by atoms with Crippen LogP contribution in [0.2, 0.25) is 0 Å². The van der Waals surface area contributed by atoms with Gasteiger partial charge in [-0.15, -0.1) is 0 Å². The molecule has 1 aromatic heterocycles. The zero-order chi connectivity index (χ0) is 19.4. The van der Waals surface area contributed by atoms with Crippen molar-refractivity contribution in [2.75, 3.05) is 5.32 Å². The summed E-state index contributed by atoms with van der Waals surface area (Å²) in [5.74, 6) is -0.324. The lowest BCUT2D eigenvalue weighted by Crippen LogP contribution is -2.16. The van der Waals surface area contributed by atoms with Crippen molar-refractivity contribution >= 4 is 17.3 Å². The number of rotatable bonds is 6. The molecule has 0 saturated heterocycles. The molecule has 3 rings (SSSR count). The Hall–Kier alpha value is -3.48. The molecule has 0 radical (unpaired) electrons. The molecule has 1 N–H and O–H groups in total. The molecular weight excluding hydrogens is 344 g/mol. The third kappa shape index (κ3) is 3.87. The van der Waals surface area contributed by atoms with E-state index in [1.54, 1.807) is 25.3 Å². The molecule has 0 saturated carbocycles. The van der Waals surface area contributed by atoms with Crippen LogP contribution in [0.1, 0.15) is 34.1 Å². The molecule has 1 heterocycles. The maximum Gasteiger partial charge on any atom is 0.274 e. The summed E-state index contributed by atoms with van der Waals surface area (Å²) in [6.07, 6.45) is 2.19. The van der Waals surface area contributed by atoms with E-state index < -0.39 is 4.92 Å². The lowest BCUT2D eigenvalue weighted by atomic mass is 10.1. The average Bonchev–Trinajstić information content (AvgIpc) is 3.06. The number of nitrogens with one attached hydrogen (secondary N) is 1. The molecule has 0 spiro atoms. The lowest BCUT2D eigenvalue weighted by Gasteiger charge is -2.10. The van der Waals surface area contributed by atoms with Crippen LogP contribution in [-0.4, -0.2) is 20.6 Å². The summed E-state index contributed by atoms with van der Waals surface area (Å²) in [5.41, 5.74) is 3.21. The van der Waals surface area contributed by atoms with E-state index >= 15 is 0 Å². The highest BCUT2D eigenvalue weighted by Crippen LogP contribution is 2.26. The molecule has 0 unspecified atom stereocenters. The summed E-state index contributed by atoms with van der Waals surface area (Å²) in [5, 5.41) is 18.2. The smallest absolute Gasteiger partial charge is 0.274 e. The third-order valence-corrected chi connectivity index (χ3v) is 4.45. The second-order valence-corrected chi connectivity index (χ2v) is 6.16. The van der Waals surface area contributed by atoms with E-state index in [4.69, 9.17) is 0 Å². The van der Waals surface area contributed by atoms with Crippen LogP contribution < -0.4 is 5.32 Å². The zero-order valence-corrected chi connectivity index (χ0v) is 15.2. The highest BCUT2D eigenvalue weighted by atomic mass is 16.6. The number of amides is 1. The molecule has 1 amide bonds. The number of nitro benzene ring substituents is 1. The maximum absolute atomic E-state index is 12.8. The Kier molecular flexibility index (Phi) is 5.30. The average molecular weight is 364 g/mol. The fourth-order valence-electron chi connectivity index (χ4n) is 3.01. The lowest BCUT2D eigenvalue weighted by molar-refractivity contribution is -0.385. The van der Waals surface area contributed by atoms with Gasteiger partial charge in [-0.2, -0.15) is 5.10 Å². The van der Waals surface area contributed by atoms with E-state index in [0.717, 1.165) is 11.3 Å². The van der Waals surface area contributed by atoms with Crippen LogP contribution in [0, 0.1) is 17.0 Å². The number of benzene rings is 2. The van der Waals surface area contributed by atoms with Crippen LogP contribution in [-0.2, 0) is 13.0 Å². The molecule has 0 aliphatic heterocycles. The van der Waals surface area contributed by atoms with Crippen molar-refractivity contribution in [3.8, 4) is 0 Å². The molecule has 7 nitrogen and oxygen atoms in total. The van der Waals surface area contributed by atoms with Crippen LogP contribution in [0.4, 0.5) is 11.4 Å². The molecule has 3 aromatic rings. The van der Waals surface area contributed by atoms with Crippen molar-refractivity contribution in [1.82, 2.24) is 9.78 Å². The van der Waals surface area contributed by atoms with E-state index in [2.05, 4.69) is 10.4 Å². The van der Waals surface area contributed by atoms with Crippen molar-refractivity contribution in [3.05, 3.63) is 87.2 Å². The molecular formula is C20H20N4O3. The SMILES string of the molecule is CCc1c(C(=O)Nc2cccc([N+](=O)[O-])c2C)cnn1Cc1ccccc1. The summed E-state index contributed by atoms with van der Waals surface area (Å²) < 4.78 is 1.81. The van der Waals surface area contributed by atoms with Gasteiger partial charge in [0.15, 0.2) is 0 Å². The van der Waals surface area contributed by atoms with E-state index in [1.165, 1.54) is 6.07 Å². The van der Waals surface area contributed by atoms with Crippen molar-refractivity contribution < 1.29 is 9.72 Å². The highest BCUT2D eigenvalue weighted by Gasteiger charge is 2.19. The van der Waals surface area contributed by atoms with Gasteiger partial charge in [0, 0.05) is 6.07 Å². The number of carbonyl (C=O) groups is 1. The van der Waals surface area contributed by atoms with Gasteiger partial charge in [0.1, 0.15) is 0 Å². The second kappa shape index (κ2) is 7.82. The molecule has 0 aliphatic rings. The van der Waals surface area contributed by atoms with Gasteiger partial charge in [-0.1, -0.05) is 43.3 Å². The van der Waals surface area contributed by atoms with Crippen LogP contribution in [0.3, 0.4) is 0 Å². The van der Waals surface area contributed by atoms with Crippen molar-refractivity contribution in [2.24, 2.45) is 0 Å². The standard InChI is InChI=1S/C20H20N4O3/c1-3-18-16(12-21-23(18)13-15-8-5-4-6-9-15)20(25)22-17-10-7-11-19(14(17)2)24(26)27/h4-12H,3,13H2,1-2H3,(H,22,25). The first-order valence-electron chi connectivity index (χ1n) is 8.65. The quantitative estimate of drug-likeness (QED) is 0.529. The summed E-state index contributed by atoms with van der Waals surface area (Å²) >= 11 is 0. The number of anilines is 1. The van der Waals surface area contributed by atoms with Gasteiger partial charge >= 0.3 is 0 Å². The Morgan fingerprint density at radius 1 is 1.19 bits per heavy atom. The molecule has 0 bridgehead atoms. The number of nitrogens with zero attached hydrogens (tertiary/aromatic N) is 3. The van der Waals surface area contributed by atoms with Gasteiger partial charge < -0.3 is 5.32 Å². The Labute approximate surface area is 156 Å². The van der Waals surface area contributed by atoms with Gasteiger partial charge in [0.25, 0.3) is 11.6 Å². The molecule has 138 valence electrons. The summed E-state index contributed by atoms with van der Waals surface area (Å²) in [6.45, 7) is 4.16. The maximum atomic E-state index is 12.8. The van der Waals surface area contributed by atoms with E-state index in [1.807, 2.05) is 41.9 Å². The first-order chi connectivity index (χ1) is 13.0. The Morgan fingerprint density at radius 2 is 1.93 bits per heavy atom. The predicted octanol–water partition coefficient (Wildman–Crippen LogP) is 3.96. The fourth-order valence-corrected chi connectivity index (χ4v) is 3.01. The van der Waals surface area contributed by atoms with Gasteiger partial charge in [-0.25, -0.2) is 0 Å². The summed E-state index contributed by atoms with van der Waals surface area (Å²) in [4.78, 5) is 23.4. The molecule has 27 heavy (non-hydrogen) atoms. The Morgan fingerprint density at radius 3 is 2.59 bits per heavy atom. The Balaban J connectivity index is 1.86. The highest BCUT2D eigenvalue weighted by molar-refractivity contribution is 6.05. The number of aromatic nitrogens is 2. The normalized spacial score (nSPS) is 10.6. The minimum Gasteiger partial charge on any atom is -0.321 e. The molecule has 0 aliphatic carbocycles. The van der Waals surface area contributed by atoms with Gasteiger partial charge in [0.05, 0.1) is 40.2 Å². The zero-order valence-electron chi connectivity index (χ0n) is 15.2. The van der Waals surface area contributed by atoms with Gasteiger partial charge in [-0.3, -0.25) is 19.6 Å². The van der Waals surface area contributed by atoms with Crippen molar-refractivity contribution in [3.63, 3.8) is 0 Å². The van der Waals surface area contributed by atoms with Crippen LogP contribution in [0.15, 0.2) is 54.7 Å². The number of carbonyl (C=O) groups excluding carboxylic acids is 1. The molecule has 2 aromatic carbocycles. The first-order valence-corrected chi connectivity index (χ1v) is 8.65. The van der Waals surface area contributed by atoms with Crippen LogP contribution in [0.25, 0.3) is 0 Å². The van der Waals surface area contributed by atoms with E-state index in [-0.39, 0.29) is 11.6 Å². The largest absolute Gasteiger partial charge is 0.321 e. The van der Waals surface area contributed by atoms with Gasteiger partial charge in [-0.05, 0) is 25.0 Å². The molecule has 7 heteroatoms. The minimum absolute atomic E-state index is 0.0247. The van der Waals surface area contributed by atoms with Crippen LogP contribution >= 0.6 is 0 Å². The van der Waals surface area contributed by atoms with Gasteiger partial charge in [0.2, 0.25) is 0 Å². The number of hydrogen-bond acceptors (Lipinski definition) is 4. The van der Waals surface area contributed by atoms with E-state index in [9.17, 15) is 14.9 Å². The third-order valence-electron chi connectivity index (χ3n) is 4.45. The summed E-state index contributed by atoms with van der Waals surface area (Å²) in [6, 6.07) is 14.5. The number of hydrogen-bond donors (Lipinski definition) is 1. The minimum atomic E-state index is -0.458. The topological polar surface area (TPSA) is 90.1 Å². The van der Waals surface area contributed by atoms with Crippen molar-refractivity contribution in [2.45, 2.75) is 26.8 Å². The van der Waals surface area contributed by atoms with Crippen molar-refractivity contribution in [1.29, 1.82) is 0 Å². The van der Waals surface area contributed by atoms with E-state index in [0.29, 0.717) is 29.8 Å². The monoisotopic (exact) mass is 364 g/mol. The Bertz CT molecular complexity index is 980. The fraction of sp³-hybridized carbons (Fsp3) is 0.200. The predicted molar refractivity (Wildman–Crippen MR) is 103 cm³/mol. The first kappa shape index (κ1) is 18.3. The second-order valence-electron chi connectivity index (χ2n) is 6.16. The summed E-state index contributed by atoms with van der Waals surface area (Å²) in [7, 11) is 0. The molecule has 0 atom stereocenters. The van der Waals surface area contributed by atoms with Crippen LogP contribution in [0.5, 0.6) is 0 Å².